The predicted octanol–water partition coefficient (Wildman–Crippen LogP) is 0.904. The highest BCUT2D eigenvalue weighted by Crippen LogP contribution is 2.29. The number of aromatic nitrogens is 1. The summed E-state index contributed by atoms with van der Waals surface area (Å²) in [5.74, 6) is 0.809. The van der Waals surface area contributed by atoms with Crippen molar-refractivity contribution < 1.29 is 9.59 Å². The SMILES string of the molecule is NC(=O)N1c2ncccc2CCC1CN1CCCC1=O. The quantitative estimate of drug-likeness (QED) is 0.870. The number of rotatable bonds is 2. The van der Waals surface area contributed by atoms with Crippen LogP contribution in [-0.2, 0) is 11.2 Å². The number of amides is 3. The Balaban J connectivity index is 1.85. The van der Waals surface area contributed by atoms with Gasteiger partial charge < -0.3 is 10.6 Å². The molecular weight excluding hydrogens is 256 g/mol. The van der Waals surface area contributed by atoms with Crippen LogP contribution in [-0.4, -0.2) is 41.0 Å². The van der Waals surface area contributed by atoms with E-state index in [9.17, 15) is 9.59 Å². The summed E-state index contributed by atoms with van der Waals surface area (Å²) in [5.41, 5.74) is 6.56. The van der Waals surface area contributed by atoms with Crippen molar-refractivity contribution in [1.29, 1.82) is 0 Å². The van der Waals surface area contributed by atoms with Crippen LogP contribution in [0.1, 0.15) is 24.8 Å². The molecule has 0 aliphatic carbocycles. The molecule has 3 rings (SSSR count). The van der Waals surface area contributed by atoms with Gasteiger partial charge in [-0.25, -0.2) is 9.78 Å². The average Bonchev–Trinajstić information content (AvgIpc) is 2.83. The van der Waals surface area contributed by atoms with Crippen LogP contribution in [0.2, 0.25) is 0 Å². The Bertz CT molecular complexity index is 546. The number of pyridine rings is 1. The lowest BCUT2D eigenvalue weighted by Gasteiger charge is -2.36. The molecule has 1 aromatic heterocycles. The van der Waals surface area contributed by atoms with E-state index >= 15 is 0 Å². The maximum Gasteiger partial charge on any atom is 0.320 e. The largest absolute Gasteiger partial charge is 0.351 e. The van der Waals surface area contributed by atoms with Crippen LogP contribution in [0.3, 0.4) is 0 Å². The van der Waals surface area contributed by atoms with Crippen molar-refractivity contribution in [2.24, 2.45) is 5.73 Å². The van der Waals surface area contributed by atoms with E-state index in [1.807, 2.05) is 17.0 Å². The maximum absolute atomic E-state index is 11.8. The van der Waals surface area contributed by atoms with Gasteiger partial charge >= 0.3 is 6.03 Å². The standard InChI is InChI=1S/C14H18N4O2/c15-14(20)18-11(9-17-8-2-4-12(17)19)6-5-10-3-1-7-16-13(10)18/h1,3,7,11H,2,4-6,8-9H2,(H2,15,20). The lowest BCUT2D eigenvalue weighted by atomic mass is 9.98. The molecule has 1 aromatic rings. The zero-order valence-corrected chi connectivity index (χ0v) is 11.3. The van der Waals surface area contributed by atoms with Crippen LogP contribution in [0.5, 0.6) is 0 Å². The molecule has 106 valence electrons. The Kier molecular flexibility index (Phi) is 3.30. The molecule has 6 nitrogen and oxygen atoms in total. The van der Waals surface area contributed by atoms with Crippen LogP contribution in [0, 0.1) is 0 Å². The number of hydrogen-bond acceptors (Lipinski definition) is 3. The summed E-state index contributed by atoms with van der Waals surface area (Å²) < 4.78 is 0. The molecule has 2 aliphatic heterocycles. The monoisotopic (exact) mass is 274 g/mol. The highest BCUT2D eigenvalue weighted by atomic mass is 16.2. The molecule has 6 heteroatoms. The Morgan fingerprint density at radius 1 is 1.45 bits per heavy atom. The molecular formula is C14H18N4O2. The summed E-state index contributed by atoms with van der Waals surface area (Å²) in [7, 11) is 0. The summed E-state index contributed by atoms with van der Waals surface area (Å²) >= 11 is 0. The van der Waals surface area contributed by atoms with E-state index in [4.69, 9.17) is 5.73 Å². The summed E-state index contributed by atoms with van der Waals surface area (Å²) in [4.78, 5) is 31.2. The molecule has 20 heavy (non-hydrogen) atoms. The van der Waals surface area contributed by atoms with Gasteiger partial charge in [0.15, 0.2) is 0 Å². The van der Waals surface area contributed by atoms with Crippen molar-refractivity contribution in [1.82, 2.24) is 9.88 Å². The van der Waals surface area contributed by atoms with Gasteiger partial charge in [-0.05, 0) is 30.9 Å². The Morgan fingerprint density at radius 3 is 3.00 bits per heavy atom. The maximum atomic E-state index is 11.8. The zero-order chi connectivity index (χ0) is 14.1. The minimum absolute atomic E-state index is 0.0723. The van der Waals surface area contributed by atoms with Gasteiger partial charge in [0.2, 0.25) is 5.91 Å². The molecule has 2 aliphatic rings. The molecule has 2 N–H and O–H groups in total. The zero-order valence-electron chi connectivity index (χ0n) is 11.3. The van der Waals surface area contributed by atoms with Crippen LogP contribution >= 0.6 is 0 Å². The number of primary amides is 1. The molecule has 1 unspecified atom stereocenters. The summed E-state index contributed by atoms with van der Waals surface area (Å²) in [6.45, 7) is 1.33. The number of nitrogens with two attached hydrogens (primary N) is 1. The molecule has 0 aromatic carbocycles. The van der Waals surface area contributed by atoms with Crippen molar-refractivity contribution >= 4 is 17.8 Å². The van der Waals surface area contributed by atoms with Gasteiger partial charge in [0, 0.05) is 25.7 Å². The molecule has 1 atom stereocenters. The Hall–Kier alpha value is -2.11. The number of urea groups is 1. The molecule has 1 fully saturated rings. The first kappa shape index (κ1) is 12.9. The van der Waals surface area contributed by atoms with E-state index in [0.717, 1.165) is 31.4 Å². The van der Waals surface area contributed by atoms with Crippen LogP contribution in [0.15, 0.2) is 18.3 Å². The third-order valence-corrected chi connectivity index (χ3v) is 4.05. The smallest absolute Gasteiger partial charge is 0.320 e. The van der Waals surface area contributed by atoms with Crippen molar-refractivity contribution in [3.63, 3.8) is 0 Å². The predicted molar refractivity (Wildman–Crippen MR) is 74.2 cm³/mol. The summed E-state index contributed by atoms with van der Waals surface area (Å²) in [5, 5.41) is 0. The first-order valence-electron chi connectivity index (χ1n) is 6.97. The average molecular weight is 274 g/mol. The molecule has 0 bridgehead atoms. The number of anilines is 1. The van der Waals surface area contributed by atoms with E-state index in [0.29, 0.717) is 18.8 Å². The topological polar surface area (TPSA) is 79.5 Å². The first-order valence-corrected chi connectivity index (χ1v) is 6.97. The van der Waals surface area contributed by atoms with E-state index in [1.165, 1.54) is 0 Å². The van der Waals surface area contributed by atoms with E-state index in [-0.39, 0.29) is 11.9 Å². The lowest BCUT2D eigenvalue weighted by molar-refractivity contribution is -0.127. The highest BCUT2D eigenvalue weighted by Gasteiger charge is 2.33. The van der Waals surface area contributed by atoms with E-state index < -0.39 is 6.03 Å². The fourth-order valence-corrected chi connectivity index (χ4v) is 3.08. The third-order valence-electron chi connectivity index (χ3n) is 4.05. The molecule has 1 saturated heterocycles. The second-order valence-corrected chi connectivity index (χ2v) is 5.33. The molecule has 3 heterocycles. The number of carbonyl (C=O) groups is 2. The number of fused-ring (bicyclic) bond motifs is 1. The Morgan fingerprint density at radius 2 is 2.30 bits per heavy atom. The number of hydrogen-bond donors (Lipinski definition) is 1. The van der Waals surface area contributed by atoms with E-state index in [2.05, 4.69) is 4.98 Å². The highest BCUT2D eigenvalue weighted by molar-refractivity contribution is 5.91. The molecule has 0 saturated carbocycles. The number of nitrogens with zero attached hydrogens (tertiary/aromatic N) is 3. The minimum Gasteiger partial charge on any atom is -0.351 e. The lowest BCUT2D eigenvalue weighted by Crippen LogP contribution is -2.52. The molecule has 0 spiro atoms. The van der Waals surface area contributed by atoms with Gasteiger partial charge in [-0.15, -0.1) is 0 Å². The van der Waals surface area contributed by atoms with Gasteiger partial charge in [0.05, 0.1) is 6.04 Å². The normalized spacial score (nSPS) is 22.0. The minimum atomic E-state index is -0.499. The molecule has 0 radical (unpaired) electrons. The van der Waals surface area contributed by atoms with Crippen molar-refractivity contribution in [2.75, 3.05) is 18.0 Å². The second-order valence-electron chi connectivity index (χ2n) is 5.33. The van der Waals surface area contributed by atoms with Crippen LogP contribution in [0.4, 0.5) is 10.6 Å². The van der Waals surface area contributed by atoms with Crippen molar-refractivity contribution in [2.45, 2.75) is 31.7 Å². The van der Waals surface area contributed by atoms with Crippen molar-refractivity contribution in [3.8, 4) is 0 Å². The van der Waals surface area contributed by atoms with Crippen molar-refractivity contribution in [3.05, 3.63) is 23.9 Å². The second kappa shape index (κ2) is 5.11. The van der Waals surface area contributed by atoms with Crippen LogP contribution in [0.25, 0.3) is 0 Å². The summed E-state index contributed by atoms with van der Waals surface area (Å²) in [6, 6.07) is 3.26. The molecule has 3 amide bonds. The number of carbonyl (C=O) groups excluding carboxylic acids is 2. The van der Waals surface area contributed by atoms with Gasteiger partial charge in [-0.2, -0.15) is 0 Å². The van der Waals surface area contributed by atoms with Gasteiger partial charge in [-0.1, -0.05) is 6.07 Å². The first-order chi connectivity index (χ1) is 9.66. The van der Waals surface area contributed by atoms with Gasteiger partial charge in [0.25, 0.3) is 0 Å². The van der Waals surface area contributed by atoms with E-state index in [1.54, 1.807) is 11.1 Å². The van der Waals surface area contributed by atoms with Gasteiger partial charge in [-0.3, -0.25) is 9.69 Å². The van der Waals surface area contributed by atoms with Gasteiger partial charge in [0.1, 0.15) is 5.82 Å². The summed E-state index contributed by atoms with van der Waals surface area (Å²) in [6.07, 6.45) is 4.85. The fourth-order valence-electron chi connectivity index (χ4n) is 3.08. The number of likely N-dealkylation sites (tertiary alicyclic amines) is 1. The van der Waals surface area contributed by atoms with Crippen LogP contribution < -0.4 is 10.6 Å². The number of aryl methyl sites for hydroxylation is 1. The third kappa shape index (κ3) is 2.21. The fraction of sp³-hybridized carbons (Fsp3) is 0.500. The Labute approximate surface area is 117 Å².